The average molecular weight is 341 g/mol. The molecule has 5 nitrogen and oxygen atoms in total. The minimum atomic E-state index is -0.739. The van der Waals surface area contributed by atoms with Gasteiger partial charge < -0.3 is 14.8 Å². The predicted octanol–water partition coefficient (Wildman–Crippen LogP) is 3.93. The van der Waals surface area contributed by atoms with Crippen LogP contribution in [0.2, 0.25) is 0 Å². The Labute approximate surface area is 146 Å². The Bertz CT molecular complexity index is 344. The summed E-state index contributed by atoms with van der Waals surface area (Å²) >= 11 is 0. The number of ether oxygens (including phenoxy) is 1. The Balaban J connectivity index is 3.75. The SMILES string of the molecule is CCCCCCCC(=O)N[C@H](C=O)COC(=O)CCCCCCC. The second kappa shape index (κ2) is 16.5. The van der Waals surface area contributed by atoms with Crippen molar-refractivity contribution in [2.75, 3.05) is 6.61 Å². The molecule has 0 saturated carbocycles. The predicted molar refractivity (Wildman–Crippen MR) is 95.7 cm³/mol. The quantitative estimate of drug-likeness (QED) is 0.262. The number of rotatable bonds is 16. The second-order valence-electron chi connectivity index (χ2n) is 6.32. The third-order valence-electron chi connectivity index (χ3n) is 3.93. The van der Waals surface area contributed by atoms with Gasteiger partial charge in [-0.1, -0.05) is 65.2 Å². The molecule has 0 bridgehead atoms. The largest absolute Gasteiger partial charge is 0.463 e. The molecule has 0 rings (SSSR count). The van der Waals surface area contributed by atoms with Crippen LogP contribution in [0.5, 0.6) is 0 Å². The first-order chi connectivity index (χ1) is 11.6. The van der Waals surface area contributed by atoms with Gasteiger partial charge in [0.25, 0.3) is 0 Å². The monoisotopic (exact) mass is 341 g/mol. The van der Waals surface area contributed by atoms with Gasteiger partial charge >= 0.3 is 5.97 Å². The van der Waals surface area contributed by atoms with E-state index in [1.54, 1.807) is 0 Å². The van der Waals surface area contributed by atoms with Crippen LogP contribution in [0.3, 0.4) is 0 Å². The number of amides is 1. The summed E-state index contributed by atoms with van der Waals surface area (Å²) in [7, 11) is 0. The second-order valence-corrected chi connectivity index (χ2v) is 6.32. The molecule has 0 aromatic heterocycles. The molecule has 0 spiro atoms. The normalized spacial score (nSPS) is 11.8. The van der Waals surface area contributed by atoms with Crippen molar-refractivity contribution in [2.24, 2.45) is 0 Å². The van der Waals surface area contributed by atoms with Crippen molar-refractivity contribution in [1.29, 1.82) is 0 Å². The summed E-state index contributed by atoms with van der Waals surface area (Å²) in [4.78, 5) is 34.3. The molecule has 140 valence electrons. The lowest BCUT2D eigenvalue weighted by Gasteiger charge is -2.13. The summed E-state index contributed by atoms with van der Waals surface area (Å²) in [5.74, 6) is -0.452. The molecule has 0 heterocycles. The lowest BCUT2D eigenvalue weighted by atomic mass is 10.1. The van der Waals surface area contributed by atoms with Crippen LogP contribution in [-0.2, 0) is 19.1 Å². The highest BCUT2D eigenvalue weighted by Crippen LogP contribution is 2.06. The lowest BCUT2D eigenvalue weighted by Crippen LogP contribution is -2.39. The Morgan fingerprint density at radius 1 is 0.875 bits per heavy atom. The molecule has 1 amide bonds. The first-order valence-electron chi connectivity index (χ1n) is 9.54. The van der Waals surface area contributed by atoms with E-state index in [1.807, 2.05) is 0 Å². The summed E-state index contributed by atoms with van der Waals surface area (Å²) in [5, 5.41) is 2.61. The van der Waals surface area contributed by atoms with Gasteiger partial charge in [-0.2, -0.15) is 0 Å². The van der Waals surface area contributed by atoms with Crippen molar-refractivity contribution >= 4 is 18.2 Å². The number of hydrogen-bond donors (Lipinski definition) is 1. The highest BCUT2D eigenvalue weighted by atomic mass is 16.5. The fourth-order valence-electron chi connectivity index (χ4n) is 2.41. The number of carbonyl (C=O) groups excluding carboxylic acids is 3. The Morgan fingerprint density at radius 3 is 1.96 bits per heavy atom. The van der Waals surface area contributed by atoms with Gasteiger partial charge in [0.15, 0.2) is 0 Å². The standard InChI is InChI=1S/C19H35NO4/c1-3-5-7-9-11-13-18(22)20-17(15-21)16-24-19(23)14-12-10-8-6-4-2/h15,17H,3-14,16H2,1-2H3,(H,20,22)/t17-/m1/s1. The van der Waals surface area contributed by atoms with Gasteiger partial charge in [-0.05, 0) is 12.8 Å². The van der Waals surface area contributed by atoms with Gasteiger partial charge in [-0.15, -0.1) is 0 Å². The number of carbonyl (C=O) groups is 3. The van der Waals surface area contributed by atoms with E-state index < -0.39 is 6.04 Å². The fourth-order valence-corrected chi connectivity index (χ4v) is 2.41. The maximum absolute atomic E-state index is 11.8. The van der Waals surface area contributed by atoms with Crippen molar-refractivity contribution in [3.8, 4) is 0 Å². The van der Waals surface area contributed by atoms with E-state index in [9.17, 15) is 14.4 Å². The smallest absolute Gasteiger partial charge is 0.305 e. The molecule has 0 aliphatic carbocycles. The molecule has 1 N–H and O–H groups in total. The molecule has 1 atom stereocenters. The molecule has 5 heteroatoms. The van der Waals surface area contributed by atoms with E-state index in [0.29, 0.717) is 19.1 Å². The Morgan fingerprint density at radius 2 is 1.42 bits per heavy atom. The highest BCUT2D eigenvalue weighted by molar-refractivity contribution is 5.79. The van der Waals surface area contributed by atoms with Gasteiger partial charge in [0.05, 0.1) is 0 Å². The topological polar surface area (TPSA) is 72.5 Å². The zero-order chi connectivity index (χ0) is 18.0. The first-order valence-corrected chi connectivity index (χ1v) is 9.54. The van der Waals surface area contributed by atoms with E-state index >= 15 is 0 Å². The van der Waals surface area contributed by atoms with E-state index in [4.69, 9.17) is 4.74 Å². The van der Waals surface area contributed by atoms with Gasteiger partial charge in [0.1, 0.15) is 18.9 Å². The van der Waals surface area contributed by atoms with Crippen LogP contribution in [-0.4, -0.2) is 30.8 Å². The maximum atomic E-state index is 11.8. The summed E-state index contributed by atoms with van der Waals surface area (Å²) in [6, 6.07) is -0.739. The van der Waals surface area contributed by atoms with Crippen LogP contribution in [0.25, 0.3) is 0 Å². The molecular weight excluding hydrogens is 306 g/mol. The van der Waals surface area contributed by atoms with E-state index in [0.717, 1.165) is 38.5 Å². The molecular formula is C19H35NO4. The van der Waals surface area contributed by atoms with Gasteiger partial charge in [-0.25, -0.2) is 0 Å². The summed E-state index contributed by atoms with van der Waals surface area (Å²) < 4.78 is 5.08. The van der Waals surface area contributed by atoms with Gasteiger partial charge in [-0.3, -0.25) is 9.59 Å². The molecule has 0 saturated heterocycles. The van der Waals surface area contributed by atoms with Crippen molar-refractivity contribution in [3.63, 3.8) is 0 Å². The molecule has 0 aliphatic heterocycles. The summed E-state index contributed by atoms with van der Waals surface area (Å²) in [6.45, 7) is 4.22. The molecule has 24 heavy (non-hydrogen) atoms. The molecule has 0 radical (unpaired) electrons. The number of nitrogens with one attached hydrogen (secondary N) is 1. The molecule has 0 aromatic rings. The van der Waals surface area contributed by atoms with E-state index in [-0.39, 0.29) is 18.5 Å². The zero-order valence-electron chi connectivity index (χ0n) is 15.5. The fraction of sp³-hybridized carbons (Fsp3) is 0.842. The van der Waals surface area contributed by atoms with Crippen molar-refractivity contribution in [1.82, 2.24) is 5.32 Å². The van der Waals surface area contributed by atoms with Crippen LogP contribution in [0.1, 0.15) is 90.9 Å². The Hall–Kier alpha value is -1.39. The van der Waals surface area contributed by atoms with E-state index in [2.05, 4.69) is 19.2 Å². The van der Waals surface area contributed by atoms with Crippen LogP contribution < -0.4 is 5.32 Å². The minimum absolute atomic E-state index is 0.0706. The van der Waals surface area contributed by atoms with Crippen LogP contribution in [0.4, 0.5) is 0 Å². The van der Waals surface area contributed by atoms with Crippen molar-refractivity contribution < 1.29 is 19.1 Å². The Kier molecular flexibility index (Phi) is 15.5. The maximum Gasteiger partial charge on any atom is 0.305 e. The number of aldehydes is 1. The minimum Gasteiger partial charge on any atom is -0.463 e. The number of esters is 1. The average Bonchev–Trinajstić information content (AvgIpc) is 2.58. The van der Waals surface area contributed by atoms with Crippen LogP contribution >= 0.6 is 0 Å². The van der Waals surface area contributed by atoms with Gasteiger partial charge in [0.2, 0.25) is 5.91 Å². The lowest BCUT2D eigenvalue weighted by molar-refractivity contribution is -0.145. The van der Waals surface area contributed by atoms with Crippen molar-refractivity contribution in [2.45, 2.75) is 96.9 Å². The van der Waals surface area contributed by atoms with E-state index in [1.165, 1.54) is 25.7 Å². The molecule has 0 aliphatic rings. The molecule has 0 fully saturated rings. The third-order valence-corrected chi connectivity index (χ3v) is 3.93. The molecule has 0 unspecified atom stereocenters. The zero-order valence-corrected chi connectivity index (χ0v) is 15.5. The summed E-state index contributed by atoms with van der Waals surface area (Å²) in [5.41, 5.74) is 0. The number of hydrogen-bond acceptors (Lipinski definition) is 4. The van der Waals surface area contributed by atoms with Crippen LogP contribution in [0, 0.1) is 0 Å². The first kappa shape index (κ1) is 22.6. The van der Waals surface area contributed by atoms with Gasteiger partial charge in [0, 0.05) is 12.8 Å². The third kappa shape index (κ3) is 14.2. The summed E-state index contributed by atoms with van der Waals surface area (Å²) in [6.07, 6.45) is 12.1. The van der Waals surface area contributed by atoms with Crippen LogP contribution in [0.15, 0.2) is 0 Å². The highest BCUT2D eigenvalue weighted by Gasteiger charge is 2.13. The number of unbranched alkanes of at least 4 members (excludes halogenated alkanes) is 8. The van der Waals surface area contributed by atoms with Crippen molar-refractivity contribution in [3.05, 3.63) is 0 Å². The molecule has 0 aromatic carbocycles.